The van der Waals surface area contributed by atoms with Gasteiger partial charge in [-0.25, -0.2) is 0 Å². The molecule has 98 valence electrons. The Kier molecular flexibility index (Phi) is 14.4. The third kappa shape index (κ3) is 10.2. The number of hydrogen-bond acceptors (Lipinski definition) is 3. The molecule has 0 aromatic heterocycles. The lowest BCUT2D eigenvalue weighted by molar-refractivity contribution is -0.122. The van der Waals surface area contributed by atoms with Gasteiger partial charge in [0.1, 0.15) is 0 Å². The summed E-state index contributed by atoms with van der Waals surface area (Å²) >= 11 is 0. The fourth-order valence-electron chi connectivity index (χ4n) is 1.38. The first kappa shape index (κ1) is 18.1. The van der Waals surface area contributed by atoms with Gasteiger partial charge in [-0.15, -0.1) is 12.4 Å². The van der Waals surface area contributed by atoms with Crippen molar-refractivity contribution in [3.8, 4) is 0 Å². The predicted octanol–water partition coefficient (Wildman–Crippen LogP) is 1.47. The van der Waals surface area contributed by atoms with Gasteiger partial charge in [-0.05, 0) is 12.8 Å². The van der Waals surface area contributed by atoms with E-state index >= 15 is 0 Å². The van der Waals surface area contributed by atoms with Gasteiger partial charge in [0.05, 0.1) is 0 Å². The maximum absolute atomic E-state index is 11.4. The Morgan fingerprint density at radius 2 is 2.12 bits per heavy atom. The molecule has 0 saturated carbocycles. The highest BCUT2D eigenvalue weighted by molar-refractivity contribution is 5.85. The van der Waals surface area contributed by atoms with Gasteiger partial charge in [0, 0.05) is 32.7 Å². The van der Waals surface area contributed by atoms with Crippen molar-refractivity contribution in [2.45, 2.75) is 45.1 Å². The van der Waals surface area contributed by atoms with Gasteiger partial charge in [-0.2, -0.15) is 0 Å². The third-order valence-corrected chi connectivity index (χ3v) is 2.31. The number of ether oxygens (including phenoxy) is 1. The first-order valence-corrected chi connectivity index (χ1v) is 5.73. The zero-order chi connectivity index (χ0) is 11.5. The number of nitrogens with two attached hydrogens (primary N) is 1. The number of rotatable bonds is 9. The van der Waals surface area contributed by atoms with Gasteiger partial charge in [-0.3, -0.25) is 4.79 Å². The van der Waals surface area contributed by atoms with Gasteiger partial charge >= 0.3 is 0 Å². The summed E-state index contributed by atoms with van der Waals surface area (Å²) in [4.78, 5) is 11.4. The lowest BCUT2D eigenvalue weighted by Gasteiger charge is -2.16. The van der Waals surface area contributed by atoms with Crippen LogP contribution in [0.5, 0.6) is 0 Å². The quantitative estimate of drug-likeness (QED) is 0.611. The van der Waals surface area contributed by atoms with Crippen LogP contribution in [-0.4, -0.2) is 32.2 Å². The summed E-state index contributed by atoms with van der Waals surface area (Å²) in [6.07, 6.45) is 4.52. The Hall–Kier alpha value is -0.320. The van der Waals surface area contributed by atoms with Crippen LogP contribution in [0.25, 0.3) is 0 Å². The van der Waals surface area contributed by atoms with Crippen molar-refractivity contribution in [3.05, 3.63) is 0 Å². The van der Waals surface area contributed by atoms with E-state index in [2.05, 4.69) is 12.2 Å². The van der Waals surface area contributed by atoms with Crippen LogP contribution in [0.1, 0.15) is 39.0 Å². The van der Waals surface area contributed by atoms with E-state index in [1.807, 2.05) is 0 Å². The van der Waals surface area contributed by atoms with Crippen molar-refractivity contribution in [3.63, 3.8) is 0 Å². The molecule has 0 radical (unpaired) electrons. The molecule has 1 atom stereocenters. The average Bonchev–Trinajstić information content (AvgIpc) is 2.24. The van der Waals surface area contributed by atoms with E-state index in [-0.39, 0.29) is 24.4 Å². The Morgan fingerprint density at radius 3 is 2.62 bits per heavy atom. The molecule has 0 saturated heterocycles. The normalized spacial score (nSPS) is 11.7. The molecule has 4 nitrogen and oxygen atoms in total. The maximum atomic E-state index is 11.4. The molecule has 1 amide bonds. The van der Waals surface area contributed by atoms with Gasteiger partial charge in [0.2, 0.25) is 5.91 Å². The fourth-order valence-corrected chi connectivity index (χ4v) is 1.38. The van der Waals surface area contributed by atoms with Gasteiger partial charge in [0.25, 0.3) is 0 Å². The largest absolute Gasteiger partial charge is 0.385 e. The topological polar surface area (TPSA) is 64.3 Å². The second-order valence-corrected chi connectivity index (χ2v) is 3.74. The van der Waals surface area contributed by atoms with E-state index < -0.39 is 0 Å². The Labute approximate surface area is 105 Å². The Balaban J connectivity index is 0. The Bertz CT molecular complexity index is 168. The molecule has 0 spiro atoms. The smallest absolute Gasteiger partial charge is 0.220 e. The van der Waals surface area contributed by atoms with Crippen molar-refractivity contribution in [2.75, 3.05) is 20.3 Å². The summed E-state index contributed by atoms with van der Waals surface area (Å²) in [5.41, 5.74) is 5.58. The highest BCUT2D eigenvalue weighted by Crippen LogP contribution is 2.00. The van der Waals surface area contributed by atoms with Crippen molar-refractivity contribution < 1.29 is 9.53 Å². The number of methoxy groups -OCH3 is 1. The third-order valence-electron chi connectivity index (χ3n) is 2.31. The minimum absolute atomic E-state index is 0. The van der Waals surface area contributed by atoms with Crippen LogP contribution in [0, 0.1) is 0 Å². The second-order valence-electron chi connectivity index (χ2n) is 3.74. The standard InChI is InChI=1S/C11H24N2O2.ClH/c1-3-4-6-10(9-12)13-11(14)7-5-8-15-2;/h10H,3-9,12H2,1-2H3,(H,13,14);1H. The lowest BCUT2D eigenvalue weighted by Crippen LogP contribution is -2.40. The molecule has 0 fully saturated rings. The van der Waals surface area contributed by atoms with Gasteiger partial charge in [-0.1, -0.05) is 19.8 Å². The van der Waals surface area contributed by atoms with Gasteiger partial charge in [0.15, 0.2) is 0 Å². The zero-order valence-electron chi connectivity index (χ0n) is 10.3. The summed E-state index contributed by atoms with van der Waals surface area (Å²) in [6.45, 7) is 3.29. The molecule has 0 aliphatic rings. The summed E-state index contributed by atoms with van der Waals surface area (Å²) < 4.78 is 4.88. The number of nitrogens with one attached hydrogen (secondary N) is 1. The highest BCUT2D eigenvalue weighted by Gasteiger charge is 2.09. The molecule has 0 bridgehead atoms. The maximum Gasteiger partial charge on any atom is 0.220 e. The lowest BCUT2D eigenvalue weighted by atomic mass is 10.1. The van der Waals surface area contributed by atoms with E-state index in [9.17, 15) is 4.79 Å². The summed E-state index contributed by atoms with van der Waals surface area (Å²) in [6, 6.07) is 0.139. The van der Waals surface area contributed by atoms with Gasteiger partial charge < -0.3 is 15.8 Å². The van der Waals surface area contributed by atoms with Crippen LogP contribution in [-0.2, 0) is 9.53 Å². The summed E-state index contributed by atoms with van der Waals surface area (Å²) in [7, 11) is 1.64. The highest BCUT2D eigenvalue weighted by atomic mass is 35.5. The fraction of sp³-hybridized carbons (Fsp3) is 0.909. The van der Waals surface area contributed by atoms with Crippen molar-refractivity contribution in [1.82, 2.24) is 5.32 Å². The molecule has 16 heavy (non-hydrogen) atoms. The molecule has 3 N–H and O–H groups in total. The molecule has 0 aromatic rings. The predicted molar refractivity (Wildman–Crippen MR) is 68.9 cm³/mol. The van der Waals surface area contributed by atoms with E-state index in [1.165, 1.54) is 0 Å². The number of carbonyl (C=O) groups excluding carboxylic acids is 1. The van der Waals surface area contributed by atoms with Crippen LogP contribution in [0.2, 0.25) is 0 Å². The SMILES string of the molecule is CCCCC(CN)NC(=O)CCCOC.Cl. The molecule has 0 aromatic carbocycles. The minimum Gasteiger partial charge on any atom is -0.385 e. The number of amides is 1. The number of hydrogen-bond donors (Lipinski definition) is 2. The second kappa shape index (κ2) is 12.7. The van der Waals surface area contributed by atoms with Crippen LogP contribution in [0.15, 0.2) is 0 Å². The van der Waals surface area contributed by atoms with E-state index in [4.69, 9.17) is 10.5 Å². The molecular weight excluding hydrogens is 228 g/mol. The van der Waals surface area contributed by atoms with Crippen LogP contribution in [0.4, 0.5) is 0 Å². The van der Waals surface area contributed by atoms with E-state index in [0.29, 0.717) is 19.6 Å². The monoisotopic (exact) mass is 252 g/mol. The first-order valence-electron chi connectivity index (χ1n) is 5.73. The van der Waals surface area contributed by atoms with Crippen LogP contribution in [0.3, 0.4) is 0 Å². The van der Waals surface area contributed by atoms with E-state index in [1.54, 1.807) is 7.11 Å². The zero-order valence-corrected chi connectivity index (χ0v) is 11.1. The molecule has 0 heterocycles. The van der Waals surface area contributed by atoms with Crippen LogP contribution < -0.4 is 11.1 Å². The van der Waals surface area contributed by atoms with Crippen LogP contribution >= 0.6 is 12.4 Å². The number of unbranched alkanes of at least 4 members (excludes halogenated alkanes) is 1. The first-order chi connectivity index (χ1) is 7.24. The molecule has 0 rings (SSSR count). The number of carbonyl (C=O) groups is 1. The molecule has 1 unspecified atom stereocenters. The summed E-state index contributed by atoms with van der Waals surface area (Å²) in [5, 5.41) is 2.94. The summed E-state index contributed by atoms with van der Waals surface area (Å²) in [5.74, 6) is 0.0820. The Morgan fingerprint density at radius 1 is 1.44 bits per heavy atom. The molecule has 0 aliphatic carbocycles. The van der Waals surface area contributed by atoms with Crippen molar-refractivity contribution >= 4 is 18.3 Å². The average molecular weight is 253 g/mol. The number of halogens is 1. The molecular formula is C11H25ClN2O2. The van der Waals surface area contributed by atoms with E-state index in [0.717, 1.165) is 25.7 Å². The molecule has 0 aliphatic heterocycles. The van der Waals surface area contributed by atoms with Crippen molar-refractivity contribution in [2.24, 2.45) is 5.73 Å². The van der Waals surface area contributed by atoms with Crippen molar-refractivity contribution in [1.29, 1.82) is 0 Å². The minimum atomic E-state index is 0. The molecule has 5 heteroatoms.